The zero-order valence-corrected chi connectivity index (χ0v) is 16.8. The number of carbonyl (C=O) groups is 1. The highest BCUT2D eigenvalue weighted by Gasteiger charge is 2.18. The van der Waals surface area contributed by atoms with Crippen molar-refractivity contribution >= 4 is 5.91 Å². The molecule has 0 aliphatic carbocycles. The number of amides is 1. The molecule has 26 heavy (non-hydrogen) atoms. The first-order valence-corrected chi connectivity index (χ1v) is 9.37. The third-order valence-electron chi connectivity index (χ3n) is 4.65. The standard InChI is InChI=1S/C23H31NO2/c1-7-18-8-10-19(11-9-18)16(2)24-22(25)17(3)26-21-14-12-20(13-15-21)23(4,5)6/h8-17H,7H2,1-6H3,(H,24,25)/t16-,17+/m1/s1. The SMILES string of the molecule is CCc1ccc([C@@H](C)NC(=O)[C@H](C)Oc2ccc(C(C)(C)C)cc2)cc1. The lowest BCUT2D eigenvalue weighted by molar-refractivity contribution is -0.127. The van der Waals surface area contributed by atoms with Crippen LogP contribution in [0, 0.1) is 0 Å². The van der Waals surface area contributed by atoms with Crippen molar-refractivity contribution in [3.05, 3.63) is 65.2 Å². The molecule has 3 nitrogen and oxygen atoms in total. The molecule has 0 aliphatic rings. The van der Waals surface area contributed by atoms with E-state index in [4.69, 9.17) is 4.74 Å². The molecule has 0 saturated heterocycles. The van der Waals surface area contributed by atoms with E-state index >= 15 is 0 Å². The van der Waals surface area contributed by atoms with Gasteiger partial charge < -0.3 is 10.1 Å². The Morgan fingerprint density at radius 1 is 1.00 bits per heavy atom. The smallest absolute Gasteiger partial charge is 0.261 e. The van der Waals surface area contributed by atoms with E-state index in [1.807, 2.05) is 19.1 Å². The molecule has 2 aromatic carbocycles. The molecule has 0 saturated carbocycles. The average molecular weight is 354 g/mol. The molecule has 2 aromatic rings. The molecule has 0 heterocycles. The van der Waals surface area contributed by atoms with E-state index < -0.39 is 6.10 Å². The van der Waals surface area contributed by atoms with Crippen molar-refractivity contribution in [2.45, 2.75) is 65.5 Å². The monoisotopic (exact) mass is 353 g/mol. The van der Waals surface area contributed by atoms with Crippen molar-refractivity contribution in [3.8, 4) is 5.75 Å². The van der Waals surface area contributed by atoms with Crippen LogP contribution in [-0.2, 0) is 16.6 Å². The molecule has 0 unspecified atom stereocenters. The molecule has 2 atom stereocenters. The van der Waals surface area contributed by atoms with Crippen molar-refractivity contribution < 1.29 is 9.53 Å². The zero-order valence-electron chi connectivity index (χ0n) is 16.8. The van der Waals surface area contributed by atoms with E-state index in [2.05, 4.69) is 69.4 Å². The molecular weight excluding hydrogens is 322 g/mol. The fourth-order valence-corrected chi connectivity index (χ4v) is 2.75. The summed E-state index contributed by atoms with van der Waals surface area (Å²) in [6, 6.07) is 16.3. The molecule has 0 aliphatic heterocycles. The highest BCUT2D eigenvalue weighted by atomic mass is 16.5. The van der Waals surface area contributed by atoms with E-state index in [9.17, 15) is 4.79 Å². The van der Waals surface area contributed by atoms with Gasteiger partial charge in [-0.05, 0) is 54.5 Å². The first-order chi connectivity index (χ1) is 12.2. The highest BCUT2D eigenvalue weighted by Crippen LogP contribution is 2.24. The Morgan fingerprint density at radius 2 is 1.58 bits per heavy atom. The Hall–Kier alpha value is -2.29. The minimum atomic E-state index is -0.548. The summed E-state index contributed by atoms with van der Waals surface area (Å²) in [4.78, 5) is 12.4. The lowest BCUT2D eigenvalue weighted by atomic mass is 9.87. The van der Waals surface area contributed by atoms with E-state index in [-0.39, 0.29) is 17.4 Å². The Balaban J connectivity index is 1.94. The van der Waals surface area contributed by atoms with E-state index in [0.29, 0.717) is 5.75 Å². The van der Waals surface area contributed by atoms with Crippen LogP contribution in [0.5, 0.6) is 5.75 Å². The van der Waals surface area contributed by atoms with Gasteiger partial charge in [-0.3, -0.25) is 4.79 Å². The third-order valence-corrected chi connectivity index (χ3v) is 4.65. The van der Waals surface area contributed by atoms with Gasteiger partial charge in [-0.25, -0.2) is 0 Å². The average Bonchev–Trinajstić information content (AvgIpc) is 2.61. The maximum atomic E-state index is 12.4. The molecular formula is C23H31NO2. The fourth-order valence-electron chi connectivity index (χ4n) is 2.75. The first kappa shape index (κ1) is 20.0. The maximum Gasteiger partial charge on any atom is 0.261 e. The predicted octanol–water partition coefficient (Wildman–Crippen LogP) is 5.19. The van der Waals surface area contributed by atoms with Gasteiger partial charge in [-0.1, -0.05) is 64.1 Å². The van der Waals surface area contributed by atoms with E-state index in [1.165, 1.54) is 11.1 Å². The van der Waals surface area contributed by atoms with Gasteiger partial charge in [0, 0.05) is 0 Å². The lowest BCUT2D eigenvalue weighted by Crippen LogP contribution is -2.37. The summed E-state index contributed by atoms with van der Waals surface area (Å²) in [6.07, 6.45) is 0.466. The number of ether oxygens (including phenoxy) is 1. The van der Waals surface area contributed by atoms with Crippen LogP contribution in [0.3, 0.4) is 0 Å². The normalized spacial score (nSPS) is 13.8. The summed E-state index contributed by atoms with van der Waals surface area (Å²) in [6.45, 7) is 12.4. The molecule has 0 fully saturated rings. The van der Waals surface area contributed by atoms with Crippen LogP contribution in [0.25, 0.3) is 0 Å². The van der Waals surface area contributed by atoms with Crippen LogP contribution in [0.15, 0.2) is 48.5 Å². The Morgan fingerprint density at radius 3 is 2.08 bits per heavy atom. The highest BCUT2D eigenvalue weighted by molar-refractivity contribution is 5.81. The molecule has 1 amide bonds. The molecule has 140 valence electrons. The second kappa shape index (κ2) is 8.39. The van der Waals surface area contributed by atoms with Gasteiger partial charge in [0.15, 0.2) is 6.10 Å². The quantitative estimate of drug-likeness (QED) is 0.776. The van der Waals surface area contributed by atoms with Crippen molar-refractivity contribution in [1.29, 1.82) is 0 Å². The minimum absolute atomic E-state index is 0.0530. The fraction of sp³-hybridized carbons (Fsp3) is 0.435. The van der Waals surface area contributed by atoms with Crippen LogP contribution < -0.4 is 10.1 Å². The maximum absolute atomic E-state index is 12.4. The third kappa shape index (κ3) is 5.35. The number of hydrogen-bond acceptors (Lipinski definition) is 2. The molecule has 0 aromatic heterocycles. The van der Waals surface area contributed by atoms with Gasteiger partial charge >= 0.3 is 0 Å². The first-order valence-electron chi connectivity index (χ1n) is 9.37. The van der Waals surface area contributed by atoms with Gasteiger partial charge in [0.25, 0.3) is 5.91 Å². The molecule has 2 rings (SSSR count). The Bertz CT molecular complexity index is 711. The van der Waals surface area contributed by atoms with Gasteiger partial charge in [0.05, 0.1) is 6.04 Å². The summed E-state index contributed by atoms with van der Waals surface area (Å²) in [5, 5.41) is 3.03. The second-order valence-corrected chi connectivity index (χ2v) is 7.86. The summed E-state index contributed by atoms with van der Waals surface area (Å²) >= 11 is 0. The summed E-state index contributed by atoms with van der Waals surface area (Å²) in [5.74, 6) is 0.595. The summed E-state index contributed by atoms with van der Waals surface area (Å²) in [5.41, 5.74) is 3.73. The number of rotatable bonds is 6. The van der Waals surface area contributed by atoms with Crippen LogP contribution in [-0.4, -0.2) is 12.0 Å². The topological polar surface area (TPSA) is 38.3 Å². The molecule has 3 heteroatoms. The molecule has 1 N–H and O–H groups in total. The summed E-state index contributed by atoms with van der Waals surface area (Å²) in [7, 11) is 0. The largest absolute Gasteiger partial charge is 0.481 e. The molecule has 0 radical (unpaired) electrons. The zero-order chi connectivity index (χ0) is 19.3. The van der Waals surface area contributed by atoms with E-state index in [0.717, 1.165) is 12.0 Å². The van der Waals surface area contributed by atoms with Crippen molar-refractivity contribution in [1.82, 2.24) is 5.32 Å². The van der Waals surface area contributed by atoms with Gasteiger partial charge in [-0.2, -0.15) is 0 Å². The molecule has 0 bridgehead atoms. The van der Waals surface area contributed by atoms with Gasteiger partial charge in [0.2, 0.25) is 0 Å². The lowest BCUT2D eigenvalue weighted by Gasteiger charge is -2.21. The van der Waals surface area contributed by atoms with Crippen molar-refractivity contribution in [2.24, 2.45) is 0 Å². The van der Waals surface area contributed by atoms with E-state index in [1.54, 1.807) is 6.92 Å². The number of aryl methyl sites for hydroxylation is 1. The van der Waals surface area contributed by atoms with Crippen LogP contribution in [0.2, 0.25) is 0 Å². The van der Waals surface area contributed by atoms with Gasteiger partial charge in [0.1, 0.15) is 5.75 Å². The number of carbonyl (C=O) groups excluding carboxylic acids is 1. The van der Waals surface area contributed by atoms with Crippen LogP contribution in [0.4, 0.5) is 0 Å². The van der Waals surface area contributed by atoms with Crippen LogP contribution >= 0.6 is 0 Å². The second-order valence-electron chi connectivity index (χ2n) is 7.86. The molecule has 0 spiro atoms. The Kier molecular flexibility index (Phi) is 6.47. The number of hydrogen-bond donors (Lipinski definition) is 1. The van der Waals surface area contributed by atoms with Crippen molar-refractivity contribution in [2.75, 3.05) is 0 Å². The summed E-state index contributed by atoms with van der Waals surface area (Å²) < 4.78 is 5.81. The Labute approximate surface area is 157 Å². The number of nitrogens with one attached hydrogen (secondary N) is 1. The van der Waals surface area contributed by atoms with Crippen LogP contribution in [0.1, 0.15) is 64.3 Å². The predicted molar refractivity (Wildman–Crippen MR) is 108 cm³/mol. The minimum Gasteiger partial charge on any atom is -0.481 e. The number of benzene rings is 2. The van der Waals surface area contributed by atoms with Crippen molar-refractivity contribution in [3.63, 3.8) is 0 Å². The van der Waals surface area contributed by atoms with Gasteiger partial charge in [-0.15, -0.1) is 0 Å².